The van der Waals surface area contributed by atoms with Gasteiger partial charge in [-0.25, -0.2) is 17.6 Å². The molecule has 12 heteroatoms. The molecule has 62 heavy (non-hydrogen) atoms. The Kier molecular flexibility index (Phi) is 15.1. The molecule has 0 spiro atoms. The van der Waals surface area contributed by atoms with Crippen molar-refractivity contribution in [3.05, 3.63) is 123 Å². The molecule has 4 aromatic rings. The highest BCUT2D eigenvalue weighted by molar-refractivity contribution is 6.32. The zero-order chi connectivity index (χ0) is 46.9. The summed E-state index contributed by atoms with van der Waals surface area (Å²) in [5.41, 5.74) is -0.330. The first-order valence-electron chi connectivity index (χ1n) is 20.6. The third kappa shape index (κ3) is 9.65. The predicted octanol–water partition coefficient (Wildman–Crippen LogP) is 13.6. The number of carbonyl (C=O) groups excluding carboxylic acids is 2. The fourth-order valence-electron chi connectivity index (χ4n) is 7.80. The van der Waals surface area contributed by atoms with Crippen LogP contribution in [0.4, 0.5) is 17.6 Å². The number of hydrogen-bond donors (Lipinski definition) is 2. The average Bonchev–Trinajstić information content (AvgIpc) is 3.20. The van der Waals surface area contributed by atoms with Gasteiger partial charge in [0.2, 0.25) is 0 Å². The summed E-state index contributed by atoms with van der Waals surface area (Å²) in [5.74, 6) is -2.42. The van der Waals surface area contributed by atoms with E-state index in [2.05, 4.69) is 0 Å². The van der Waals surface area contributed by atoms with Gasteiger partial charge in [0.25, 0.3) is 6.43 Å². The smallest absolute Gasteiger partial charge is 0.263 e. The maximum absolute atomic E-state index is 15.0. The van der Waals surface area contributed by atoms with Crippen molar-refractivity contribution in [2.24, 2.45) is 0 Å². The molecule has 2 aliphatic heterocycles. The minimum absolute atomic E-state index is 0.0400. The van der Waals surface area contributed by atoms with Gasteiger partial charge in [0.15, 0.2) is 23.1 Å². The summed E-state index contributed by atoms with van der Waals surface area (Å²) in [6.07, 6.45) is -1.56. The number of ether oxygens (including phenoxy) is 3. The number of alkyl halides is 2. The topological polar surface area (TPSA) is 102 Å². The zero-order valence-corrected chi connectivity index (χ0v) is 38.4. The number of hydrogen-bond acceptors (Lipinski definition) is 7. The molecule has 0 bridgehead atoms. The highest BCUT2D eigenvalue weighted by Gasteiger charge is 2.48. The zero-order valence-electron chi connectivity index (χ0n) is 37.7. The summed E-state index contributed by atoms with van der Waals surface area (Å²) >= 11 is 6.03. The van der Waals surface area contributed by atoms with Crippen molar-refractivity contribution in [1.82, 2.24) is 0 Å². The lowest BCUT2D eigenvalue weighted by atomic mass is 9.80. The number of halogens is 5. The van der Waals surface area contributed by atoms with Gasteiger partial charge < -0.3 is 24.4 Å². The SMILES string of the molecule is CC.CCc1ccc(-c2ccc(C(F)F)cc2F)cc1C1=C(O)C(C)(C)OC(C)(C)C1=O.CCc1ccc(-c2ccc(Cl)c(OC)c2F)cc1C1=C(O)C(C)(C)OC(C)(C)C1=O. The van der Waals surface area contributed by atoms with Gasteiger partial charge in [-0.1, -0.05) is 75.7 Å². The molecule has 0 radical (unpaired) electrons. The van der Waals surface area contributed by atoms with E-state index < -0.39 is 46.0 Å². The number of carbonyl (C=O) groups is 2. The lowest BCUT2D eigenvalue weighted by Gasteiger charge is -2.40. The fourth-order valence-corrected chi connectivity index (χ4v) is 8.02. The van der Waals surface area contributed by atoms with E-state index in [1.54, 1.807) is 97.9 Å². The Morgan fingerprint density at radius 2 is 1.05 bits per heavy atom. The molecule has 4 aromatic carbocycles. The number of benzene rings is 4. The summed E-state index contributed by atoms with van der Waals surface area (Å²) in [6.45, 7) is 21.3. The van der Waals surface area contributed by atoms with E-state index in [4.69, 9.17) is 25.8 Å². The quantitative estimate of drug-likeness (QED) is 0.170. The minimum atomic E-state index is -2.77. The van der Waals surface area contributed by atoms with E-state index in [1.807, 2.05) is 33.8 Å². The number of aliphatic hydroxyl groups is 2. The molecular weight excluding hydrogens is 824 g/mol. The third-order valence-electron chi connectivity index (χ3n) is 10.8. The van der Waals surface area contributed by atoms with Gasteiger partial charge >= 0.3 is 0 Å². The maximum Gasteiger partial charge on any atom is 0.263 e. The average molecular weight is 881 g/mol. The first kappa shape index (κ1) is 49.7. The molecule has 2 heterocycles. The van der Waals surface area contributed by atoms with Crippen LogP contribution in [0.5, 0.6) is 5.75 Å². The van der Waals surface area contributed by atoms with Crippen molar-refractivity contribution < 1.29 is 51.6 Å². The number of methoxy groups -OCH3 is 1. The first-order chi connectivity index (χ1) is 28.8. The Labute approximate surface area is 367 Å². The van der Waals surface area contributed by atoms with Crippen LogP contribution in [0.2, 0.25) is 5.02 Å². The largest absolute Gasteiger partial charge is 0.508 e. The Bertz CT molecular complexity index is 2430. The normalized spacial score (nSPS) is 17.6. The minimum Gasteiger partial charge on any atom is -0.508 e. The predicted molar refractivity (Wildman–Crippen MR) is 238 cm³/mol. The molecule has 2 aliphatic rings. The van der Waals surface area contributed by atoms with Crippen molar-refractivity contribution in [3.63, 3.8) is 0 Å². The van der Waals surface area contributed by atoms with Crippen LogP contribution in [0, 0.1) is 11.6 Å². The van der Waals surface area contributed by atoms with Crippen molar-refractivity contribution in [1.29, 1.82) is 0 Å². The number of aliphatic hydroxyl groups excluding tert-OH is 2. The summed E-state index contributed by atoms with van der Waals surface area (Å²) in [6, 6.07) is 16.8. The second kappa shape index (κ2) is 18.8. The second-order valence-electron chi connectivity index (χ2n) is 16.8. The van der Waals surface area contributed by atoms with Gasteiger partial charge in [-0.15, -0.1) is 0 Å². The molecular formula is C50H57ClF4O7. The molecule has 0 saturated heterocycles. The van der Waals surface area contributed by atoms with Crippen LogP contribution in [0.25, 0.3) is 33.4 Å². The molecule has 7 nitrogen and oxygen atoms in total. The molecule has 0 aliphatic carbocycles. The molecule has 0 atom stereocenters. The van der Waals surface area contributed by atoms with E-state index in [9.17, 15) is 33.0 Å². The first-order valence-corrected chi connectivity index (χ1v) is 21.0. The van der Waals surface area contributed by atoms with Gasteiger partial charge in [-0.2, -0.15) is 0 Å². The molecule has 0 fully saturated rings. The lowest BCUT2D eigenvalue weighted by molar-refractivity contribution is -0.158. The van der Waals surface area contributed by atoms with Crippen LogP contribution in [0.3, 0.4) is 0 Å². The Morgan fingerprint density at radius 1 is 0.629 bits per heavy atom. The lowest BCUT2D eigenvalue weighted by Crippen LogP contribution is -2.49. The van der Waals surface area contributed by atoms with E-state index in [0.717, 1.165) is 17.2 Å². The fraction of sp³-hybridized carbons (Fsp3) is 0.400. The van der Waals surface area contributed by atoms with Crippen LogP contribution >= 0.6 is 11.6 Å². The standard InChI is InChI=1S/C24H26ClFO4.C24H25F3O3.C2H6/c1-7-13-8-9-14(15-10-11-17(25)20(29-6)19(15)26)12-16(13)18-21(27)23(2,3)30-24(4,5)22(18)28;1-6-13-7-8-14(16-10-9-15(22(26)27)12-18(16)25)11-17(13)19-20(28)23(2,3)30-24(4,5)21(19)29;1-2/h8-12,27H,7H2,1-6H3;7-12,22,28H,6H2,1-5H3;1-2H3. The van der Waals surface area contributed by atoms with E-state index >= 15 is 4.39 Å². The maximum atomic E-state index is 15.0. The number of rotatable bonds is 8. The third-order valence-corrected chi connectivity index (χ3v) is 11.1. The molecule has 334 valence electrons. The van der Waals surface area contributed by atoms with Gasteiger partial charge in [-0.3, -0.25) is 9.59 Å². The Morgan fingerprint density at radius 3 is 1.44 bits per heavy atom. The molecule has 0 aromatic heterocycles. The van der Waals surface area contributed by atoms with E-state index in [1.165, 1.54) is 19.2 Å². The number of Topliss-reactive ketones (excluding diaryl/α,β-unsaturated/α-hetero) is 2. The van der Waals surface area contributed by atoms with Crippen molar-refractivity contribution in [3.8, 4) is 28.0 Å². The van der Waals surface area contributed by atoms with Crippen LogP contribution in [-0.4, -0.2) is 51.3 Å². The van der Waals surface area contributed by atoms with Gasteiger partial charge in [0.1, 0.15) is 39.7 Å². The molecule has 6 rings (SSSR count). The van der Waals surface area contributed by atoms with Gasteiger partial charge in [0.05, 0.1) is 23.3 Å². The van der Waals surface area contributed by atoms with Crippen LogP contribution in [0.15, 0.2) is 78.2 Å². The Hall–Kier alpha value is -4.97. The molecule has 0 unspecified atom stereocenters. The second-order valence-corrected chi connectivity index (χ2v) is 17.2. The number of aryl methyl sites for hydroxylation is 2. The van der Waals surface area contributed by atoms with Gasteiger partial charge in [0, 0.05) is 16.7 Å². The highest BCUT2D eigenvalue weighted by atomic mass is 35.5. The number of ketones is 2. The van der Waals surface area contributed by atoms with Crippen molar-refractivity contribution in [2.75, 3.05) is 7.11 Å². The van der Waals surface area contributed by atoms with Gasteiger partial charge in [-0.05, 0) is 132 Å². The summed E-state index contributed by atoms with van der Waals surface area (Å²) in [4.78, 5) is 26.4. The Balaban J connectivity index is 0.000000262. The summed E-state index contributed by atoms with van der Waals surface area (Å²) in [5, 5.41) is 22.0. The van der Waals surface area contributed by atoms with Crippen LogP contribution in [-0.2, 0) is 31.9 Å². The molecule has 0 amide bonds. The van der Waals surface area contributed by atoms with Crippen LogP contribution < -0.4 is 4.74 Å². The summed E-state index contributed by atoms with van der Waals surface area (Å²) < 4.78 is 72.0. The highest BCUT2D eigenvalue weighted by Crippen LogP contribution is 2.44. The van der Waals surface area contributed by atoms with Crippen molar-refractivity contribution in [2.45, 2.75) is 125 Å². The molecule has 2 N–H and O–H groups in total. The van der Waals surface area contributed by atoms with E-state index in [0.29, 0.717) is 40.7 Å². The van der Waals surface area contributed by atoms with Crippen molar-refractivity contribution >= 4 is 34.3 Å². The van der Waals surface area contributed by atoms with E-state index in [-0.39, 0.29) is 50.6 Å². The monoisotopic (exact) mass is 880 g/mol. The molecule has 0 saturated carbocycles. The summed E-state index contributed by atoms with van der Waals surface area (Å²) in [7, 11) is 1.35. The van der Waals surface area contributed by atoms with Crippen LogP contribution in [0.1, 0.15) is 117 Å².